The van der Waals surface area contributed by atoms with Crippen molar-refractivity contribution >= 4 is 0 Å². The number of rotatable bonds is 6. The highest BCUT2D eigenvalue weighted by Crippen LogP contribution is 2.33. The van der Waals surface area contributed by atoms with Crippen molar-refractivity contribution in [2.75, 3.05) is 0 Å². The summed E-state index contributed by atoms with van der Waals surface area (Å²) in [7, 11) is 0. The van der Waals surface area contributed by atoms with Gasteiger partial charge in [0.1, 0.15) is 5.82 Å². The van der Waals surface area contributed by atoms with E-state index in [9.17, 15) is 4.39 Å². The van der Waals surface area contributed by atoms with Gasteiger partial charge in [0.05, 0.1) is 0 Å². The minimum absolute atomic E-state index is 0.102. The number of fused-ring (bicyclic) bond motifs is 1. The van der Waals surface area contributed by atoms with Crippen LogP contribution in [0, 0.1) is 5.82 Å². The van der Waals surface area contributed by atoms with Crippen molar-refractivity contribution in [2.24, 2.45) is 0 Å². The zero-order chi connectivity index (χ0) is 16.1. The maximum Gasteiger partial charge on any atom is 0.123 e. The van der Waals surface area contributed by atoms with Gasteiger partial charge in [-0.3, -0.25) is 0 Å². The van der Waals surface area contributed by atoms with E-state index in [0.717, 1.165) is 19.3 Å². The van der Waals surface area contributed by atoms with Gasteiger partial charge in [-0.2, -0.15) is 0 Å². The molecule has 0 aliphatic heterocycles. The third-order valence-corrected chi connectivity index (χ3v) is 5.17. The Morgan fingerprint density at radius 2 is 1.78 bits per heavy atom. The Balaban J connectivity index is 1.61. The fourth-order valence-corrected chi connectivity index (χ4v) is 3.72. The maximum atomic E-state index is 13.3. The van der Waals surface area contributed by atoms with Crippen molar-refractivity contribution in [1.82, 2.24) is 0 Å². The lowest BCUT2D eigenvalue weighted by Crippen LogP contribution is -2.13. The van der Waals surface area contributed by atoms with Gasteiger partial charge < -0.3 is 0 Å². The fourth-order valence-electron chi connectivity index (χ4n) is 3.72. The van der Waals surface area contributed by atoms with Gasteiger partial charge in [-0.05, 0) is 72.4 Å². The van der Waals surface area contributed by atoms with Crippen LogP contribution < -0.4 is 0 Å². The first-order valence-electron chi connectivity index (χ1n) is 9.12. The molecule has 0 nitrogen and oxygen atoms in total. The van der Waals surface area contributed by atoms with Gasteiger partial charge in [0, 0.05) is 0 Å². The molecule has 122 valence electrons. The average Bonchev–Trinajstić information content (AvgIpc) is 2.59. The largest absolute Gasteiger partial charge is 0.207 e. The van der Waals surface area contributed by atoms with Crippen LogP contribution in [0.15, 0.2) is 42.5 Å². The lowest BCUT2D eigenvalue weighted by molar-refractivity contribution is 0.572. The normalized spacial score (nSPS) is 17.0. The molecule has 2 aromatic carbocycles. The molecule has 1 aliphatic rings. The molecular weight excluding hydrogens is 283 g/mol. The predicted molar refractivity (Wildman–Crippen MR) is 95.5 cm³/mol. The number of unbranched alkanes of at least 4 members (excludes halogenated alkanes) is 3. The van der Waals surface area contributed by atoms with Crippen LogP contribution in [-0.4, -0.2) is 0 Å². The molecule has 1 aliphatic carbocycles. The van der Waals surface area contributed by atoms with Gasteiger partial charge in [-0.1, -0.05) is 56.5 Å². The number of halogens is 1. The Morgan fingerprint density at radius 3 is 2.57 bits per heavy atom. The van der Waals surface area contributed by atoms with Gasteiger partial charge in [0.2, 0.25) is 0 Å². The van der Waals surface area contributed by atoms with Crippen LogP contribution in [0.1, 0.15) is 67.2 Å². The molecule has 0 saturated carbocycles. The van der Waals surface area contributed by atoms with Crippen LogP contribution in [0.4, 0.5) is 4.39 Å². The van der Waals surface area contributed by atoms with E-state index < -0.39 is 0 Å². The Labute approximate surface area is 139 Å². The van der Waals surface area contributed by atoms with Crippen LogP contribution >= 0.6 is 0 Å². The van der Waals surface area contributed by atoms with Crippen molar-refractivity contribution in [3.8, 4) is 0 Å². The van der Waals surface area contributed by atoms with Gasteiger partial charge >= 0.3 is 0 Å². The molecule has 2 aromatic rings. The summed E-state index contributed by atoms with van der Waals surface area (Å²) in [6.07, 6.45) is 9.66. The van der Waals surface area contributed by atoms with Crippen molar-refractivity contribution in [3.05, 3.63) is 70.5 Å². The molecule has 0 radical (unpaired) electrons. The van der Waals surface area contributed by atoms with Crippen LogP contribution in [0.25, 0.3) is 0 Å². The molecule has 0 saturated heterocycles. The summed E-state index contributed by atoms with van der Waals surface area (Å²) in [5.74, 6) is 0.483. The number of aryl methyl sites for hydroxylation is 2. The topological polar surface area (TPSA) is 0 Å². The van der Waals surface area contributed by atoms with Crippen LogP contribution in [0.2, 0.25) is 0 Å². The van der Waals surface area contributed by atoms with Gasteiger partial charge in [-0.25, -0.2) is 4.39 Å². The van der Waals surface area contributed by atoms with Crippen molar-refractivity contribution in [3.63, 3.8) is 0 Å². The summed E-state index contributed by atoms with van der Waals surface area (Å²) in [4.78, 5) is 0. The zero-order valence-corrected chi connectivity index (χ0v) is 14.2. The van der Waals surface area contributed by atoms with E-state index in [0.29, 0.717) is 5.92 Å². The average molecular weight is 310 g/mol. The summed E-state index contributed by atoms with van der Waals surface area (Å²) in [5.41, 5.74) is 5.43. The monoisotopic (exact) mass is 310 g/mol. The quantitative estimate of drug-likeness (QED) is 0.555. The third kappa shape index (κ3) is 4.22. The summed E-state index contributed by atoms with van der Waals surface area (Å²) in [5, 5.41) is 0. The van der Waals surface area contributed by atoms with E-state index in [-0.39, 0.29) is 5.82 Å². The smallest absolute Gasteiger partial charge is 0.123 e. The van der Waals surface area contributed by atoms with Gasteiger partial charge in [0.15, 0.2) is 0 Å². The molecule has 0 N–H and O–H groups in total. The molecular formula is C22H27F. The lowest BCUT2D eigenvalue weighted by atomic mass is 9.80. The first kappa shape index (κ1) is 16.2. The summed E-state index contributed by atoms with van der Waals surface area (Å²) < 4.78 is 13.3. The Bertz CT molecular complexity index is 627. The van der Waals surface area contributed by atoms with Gasteiger partial charge in [0.25, 0.3) is 0 Å². The first-order valence-corrected chi connectivity index (χ1v) is 9.12. The highest BCUT2D eigenvalue weighted by Gasteiger charge is 2.20. The molecule has 1 atom stereocenters. The lowest BCUT2D eigenvalue weighted by Gasteiger charge is -2.25. The summed E-state index contributed by atoms with van der Waals surface area (Å²) in [6, 6.07) is 14.5. The SMILES string of the molecule is CCCCCCc1ccc(C2CCc3cc(F)ccc3C2)cc1. The maximum absolute atomic E-state index is 13.3. The Morgan fingerprint density at radius 1 is 0.957 bits per heavy atom. The highest BCUT2D eigenvalue weighted by atomic mass is 19.1. The number of hydrogen-bond donors (Lipinski definition) is 0. The molecule has 0 heterocycles. The van der Waals surface area contributed by atoms with E-state index in [2.05, 4.69) is 31.2 Å². The zero-order valence-electron chi connectivity index (χ0n) is 14.2. The Hall–Kier alpha value is -1.63. The van der Waals surface area contributed by atoms with E-state index in [1.54, 1.807) is 12.1 Å². The first-order chi connectivity index (χ1) is 11.3. The van der Waals surface area contributed by atoms with Crippen LogP contribution in [-0.2, 0) is 19.3 Å². The number of hydrogen-bond acceptors (Lipinski definition) is 0. The molecule has 0 aromatic heterocycles. The molecule has 0 amide bonds. The second kappa shape index (κ2) is 7.77. The van der Waals surface area contributed by atoms with Crippen molar-refractivity contribution < 1.29 is 4.39 Å². The number of benzene rings is 2. The van der Waals surface area contributed by atoms with Crippen molar-refractivity contribution in [2.45, 2.75) is 64.2 Å². The third-order valence-electron chi connectivity index (χ3n) is 5.17. The molecule has 3 rings (SSSR count). The summed E-state index contributed by atoms with van der Waals surface area (Å²) in [6.45, 7) is 2.26. The van der Waals surface area contributed by atoms with E-state index >= 15 is 0 Å². The predicted octanol–water partition coefficient (Wildman–Crippen LogP) is 6.22. The van der Waals surface area contributed by atoms with Gasteiger partial charge in [-0.15, -0.1) is 0 Å². The van der Waals surface area contributed by atoms with E-state index in [4.69, 9.17) is 0 Å². The second-order valence-corrected chi connectivity index (χ2v) is 6.90. The molecule has 0 bridgehead atoms. The van der Waals surface area contributed by atoms with Crippen molar-refractivity contribution in [1.29, 1.82) is 0 Å². The Kier molecular flexibility index (Phi) is 5.48. The van der Waals surface area contributed by atoms with E-state index in [1.807, 2.05) is 6.07 Å². The standard InChI is InChI=1S/C22H27F/c1-2-3-4-5-6-17-7-9-18(10-8-17)19-11-12-21-16-22(23)14-13-20(21)15-19/h7-10,13-14,16,19H,2-6,11-12,15H2,1H3. The molecule has 23 heavy (non-hydrogen) atoms. The molecule has 0 fully saturated rings. The molecule has 1 unspecified atom stereocenters. The minimum atomic E-state index is -0.102. The van der Waals surface area contributed by atoms with Crippen LogP contribution in [0.5, 0.6) is 0 Å². The molecule has 1 heteroatoms. The molecule has 0 spiro atoms. The summed E-state index contributed by atoms with van der Waals surface area (Å²) >= 11 is 0. The highest BCUT2D eigenvalue weighted by molar-refractivity contribution is 5.35. The second-order valence-electron chi connectivity index (χ2n) is 6.90. The minimum Gasteiger partial charge on any atom is -0.207 e. The van der Waals surface area contributed by atoms with E-state index in [1.165, 1.54) is 54.4 Å². The van der Waals surface area contributed by atoms with Crippen LogP contribution in [0.3, 0.4) is 0 Å². The fraction of sp³-hybridized carbons (Fsp3) is 0.455.